The topological polar surface area (TPSA) is 35.5 Å². The van der Waals surface area contributed by atoms with Crippen LogP contribution < -0.4 is 4.74 Å². The third-order valence-corrected chi connectivity index (χ3v) is 2.40. The minimum atomic E-state index is -0.520. The SMILES string of the molecule is COC(=O)[C@@H]1Cc2cc(Cl)ccc2O1. The molecule has 0 bridgehead atoms. The zero-order chi connectivity index (χ0) is 10.1. The highest BCUT2D eigenvalue weighted by molar-refractivity contribution is 6.30. The highest BCUT2D eigenvalue weighted by atomic mass is 35.5. The van der Waals surface area contributed by atoms with E-state index in [1.54, 1.807) is 18.2 Å². The first-order valence-electron chi connectivity index (χ1n) is 4.23. The summed E-state index contributed by atoms with van der Waals surface area (Å²) in [7, 11) is 1.35. The van der Waals surface area contributed by atoms with Crippen LogP contribution >= 0.6 is 11.6 Å². The Morgan fingerprint density at radius 2 is 2.43 bits per heavy atom. The number of fused-ring (bicyclic) bond motifs is 1. The first kappa shape index (κ1) is 9.34. The number of hydrogen-bond acceptors (Lipinski definition) is 3. The number of methoxy groups -OCH3 is 1. The maximum atomic E-state index is 11.2. The zero-order valence-corrected chi connectivity index (χ0v) is 8.38. The second kappa shape index (κ2) is 3.50. The summed E-state index contributed by atoms with van der Waals surface area (Å²) in [4.78, 5) is 11.2. The van der Waals surface area contributed by atoms with Crippen molar-refractivity contribution in [2.24, 2.45) is 0 Å². The molecule has 74 valence electrons. The maximum Gasteiger partial charge on any atom is 0.347 e. The molecule has 14 heavy (non-hydrogen) atoms. The van der Waals surface area contributed by atoms with Gasteiger partial charge in [0.05, 0.1) is 7.11 Å². The van der Waals surface area contributed by atoms with Crippen LogP contribution in [-0.2, 0) is 16.0 Å². The van der Waals surface area contributed by atoms with Crippen molar-refractivity contribution in [3.63, 3.8) is 0 Å². The van der Waals surface area contributed by atoms with Crippen molar-refractivity contribution in [2.75, 3.05) is 7.11 Å². The summed E-state index contributed by atoms with van der Waals surface area (Å²) in [6.07, 6.45) is 0.0104. The molecule has 3 nitrogen and oxygen atoms in total. The van der Waals surface area contributed by atoms with Crippen molar-refractivity contribution in [1.82, 2.24) is 0 Å². The summed E-state index contributed by atoms with van der Waals surface area (Å²) in [5, 5.41) is 0.651. The normalized spacial score (nSPS) is 18.6. The molecule has 0 aromatic heterocycles. The number of rotatable bonds is 1. The summed E-state index contributed by atoms with van der Waals surface area (Å²) in [6.45, 7) is 0. The van der Waals surface area contributed by atoms with E-state index in [1.165, 1.54) is 7.11 Å². The van der Waals surface area contributed by atoms with E-state index in [1.807, 2.05) is 0 Å². The summed E-state index contributed by atoms with van der Waals surface area (Å²) in [6, 6.07) is 5.31. The van der Waals surface area contributed by atoms with Crippen molar-refractivity contribution < 1.29 is 14.3 Å². The Balaban J connectivity index is 2.22. The van der Waals surface area contributed by atoms with Gasteiger partial charge in [-0.25, -0.2) is 4.79 Å². The molecule has 1 atom stereocenters. The number of ether oxygens (including phenoxy) is 2. The van der Waals surface area contributed by atoms with Crippen LogP contribution in [0.2, 0.25) is 5.02 Å². The Labute approximate surface area is 86.6 Å². The predicted molar refractivity (Wildman–Crippen MR) is 51.6 cm³/mol. The van der Waals surface area contributed by atoms with E-state index >= 15 is 0 Å². The summed E-state index contributed by atoms with van der Waals surface area (Å²) < 4.78 is 9.98. The van der Waals surface area contributed by atoms with Gasteiger partial charge in [-0.15, -0.1) is 0 Å². The van der Waals surface area contributed by atoms with E-state index in [2.05, 4.69) is 4.74 Å². The molecule has 0 saturated carbocycles. The highest BCUT2D eigenvalue weighted by Gasteiger charge is 2.29. The fourth-order valence-corrected chi connectivity index (χ4v) is 1.67. The lowest BCUT2D eigenvalue weighted by Gasteiger charge is -2.06. The average Bonchev–Trinajstić information content (AvgIpc) is 2.59. The number of esters is 1. The van der Waals surface area contributed by atoms with Gasteiger partial charge in [-0.1, -0.05) is 11.6 Å². The van der Waals surface area contributed by atoms with Crippen molar-refractivity contribution in [2.45, 2.75) is 12.5 Å². The molecular formula is C10H9ClO3. The van der Waals surface area contributed by atoms with Crippen molar-refractivity contribution in [3.8, 4) is 5.75 Å². The number of halogens is 1. The Hall–Kier alpha value is -1.22. The fraction of sp³-hybridized carbons (Fsp3) is 0.300. The lowest BCUT2D eigenvalue weighted by atomic mass is 10.1. The second-order valence-electron chi connectivity index (χ2n) is 3.09. The fourth-order valence-electron chi connectivity index (χ4n) is 1.48. The van der Waals surface area contributed by atoms with Crippen molar-refractivity contribution in [1.29, 1.82) is 0 Å². The van der Waals surface area contributed by atoms with E-state index < -0.39 is 6.10 Å². The van der Waals surface area contributed by atoms with Gasteiger partial charge in [0.15, 0.2) is 6.10 Å². The maximum absolute atomic E-state index is 11.2. The molecule has 1 aliphatic heterocycles. The van der Waals surface area contributed by atoms with Gasteiger partial charge >= 0.3 is 5.97 Å². The predicted octanol–water partition coefficient (Wildman–Crippen LogP) is 1.82. The molecule has 1 aliphatic rings. The van der Waals surface area contributed by atoms with Crippen LogP contribution in [0.25, 0.3) is 0 Å². The van der Waals surface area contributed by atoms with Crippen molar-refractivity contribution in [3.05, 3.63) is 28.8 Å². The van der Waals surface area contributed by atoms with Gasteiger partial charge in [-0.2, -0.15) is 0 Å². The van der Waals surface area contributed by atoms with Gasteiger partial charge in [0.25, 0.3) is 0 Å². The molecule has 1 aromatic carbocycles. The molecule has 0 amide bonds. The first-order chi connectivity index (χ1) is 6.70. The third kappa shape index (κ3) is 1.55. The number of benzene rings is 1. The molecule has 1 heterocycles. The standard InChI is InChI=1S/C10H9ClO3/c1-13-10(12)9-5-6-4-7(11)2-3-8(6)14-9/h2-4,9H,5H2,1H3/t9-/m0/s1. The molecule has 0 fully saturated rings. The van der Waals surface area contributed by atoms with Crippen LogP contribution in [0, 0.1) is 0 Å². The minimum Gasteiger partial charge on any atom is -0.478 e. The van der Waals surface area contributed by atoms with E-state index in [4.69, 9.17) is 16.3 Å². The molecule has 1 aromatic rings. The molecule has 4 heteroatoms. The lowest BCUT2D eigenvalue weighted by molar-refractivity contribution is -0.147. The number of carbonyl (C=O) groups is 1. The van der Waals surface area contributed by atoms with Crippen LogP contribution in [0.1, 0.15) is 5.56 Å². The van der Waals surface area contributed by atoms with Gasteiger partial charge in [-0.05, 0) is 23.8 Å². The van der Waals surface area contributed by atoms with Crippen LogP contribution in [0.15, 0.2) is 18.2 Å². The number of hydrogen-bond donors (Lipinski definition) is 0. The van der Waals surface area contributed by atoms with Gasteiger partial charge in [-0.3, -0.25) is 0 Å². The van der Waals surface area contributed by atoms with Crippen LogP contribution in [0.3, 0.4) is 0 Å². The molecule has 0 N–H and O–H groups in total. The Morgan fingerprint density at radius 3 is 3.14 bits per heavy atom. The lowest BCUT2D eigenvalue weighted by Crippen LogP contribution is -2.26. The Bertz CT molecular complexity index is 376. The molecule has 0 saturated heterocycles. The van der Waals surface area contributed by atoms with E-state index in [0.717, 1.165) is 5.56 Å². The Morgan fingerprint density at radius 1 is 1.64 bits per heavy atom. The average molecular weight is 213 g/mol. The molecular weight excluding hydrogens is 204 g/mol. The summed E-state index contributed by atoms with van der Waals surface area (Å²) >= 11 is 5.81. The molecule has 0 aliphatic carbocycles. The smallest absolute Gasteiger partial charge is 0.347 e. The van der Waals surface area contributed by atoms with E-state index in [0.29, 0.717) is 17.2 Å². The molecule has 0 radical (unpaired) electrons. The third-order valence-electron chi connectivity index (χ3n) is 2.16. The van der Waals surface area contributed by atoms with Crippen LogP contribution in [0.5, 0.6) is 5.75 Å². The summed E-state index contributed by atoms with van der Waals surface area (Å²) in [5.41, 5.74) is 0.952. The molecule has 2 rings (SSSR count). The zero-order valence-electron chi connectivity index (χ0n) is 7.62. The largest absolute Gasteiger partial charge is 0.478 e. The monoisotopic (exact) mass is 212 g/mol. The summed E-state index contributed by atoms with van der Waals surface area (Å²) in [5.74, 6) is 0.363. The van der Waals surface area contributed by atoms with E-state index in [-0.39, 0.29) is 5.97 Å². The van der Waals surface area contributed by atoms with Gasteiger partial charge in [0.1, 0.15) is 5.75 Å². The number of carbonyl (C=O) groups excluding carboxylic acids is 1. The van der Waals surface area contributed by atoms with Crippen molar-refractivity contribution >= 4 is 17.6 Å². The second-order valence-corrected chi connectivity index (χ2v) is 3.52. The molecule has 0 unspecified atom stereocenters. The van der Waals surface area contributed by atoms with Crippen LogP contribution in [0.4, 0.5) is 0 Å². The highest BCUT2D eigenvalue weighted by Crippen LogP contribution is 2.31. The molecule has 0 spiro atoms. The van der Waals surface area contributed by atoms with E-state index in [9.17, 15) is 4.79 Å². The van der Waals surface area contributed by atoms with Crippen LogP contribution in [-0.4, -0.2) is 19.2 Å². The first-order valence-corrected chi connectivity index (χ1v) is 4.61. The van der Waals surface area contributed by atoms with Gasteiger partial charge in [0, 0.05) is 11.4 Å². The quantitative estimate of drug-likeness (QED) is 0.667. The van der Waals surface area contributed by atoms with Gasteiger partial charge < -0.3 is 9.47 Å². The Kier molecular flexibility index (Phi) is 2.33. The minimum absolute atomic E-state index is 0.350. The van der Waals surface area contributed by atoms with Gasteiger partial charge in [0.2, 0.25) is 0 Å².